The van der Waals surface area contributed by atoms with Crippen molar-refractivity contribution in [3.8, 4) is 0 Å². The van der Waals surface area contributed by atoms with E-state index in [1.165, 1.54) is 30.6 Å². The molecular weight excluding hydrogens is 406 g/mol. The van der Waals surface area contributed by atoms with Gasteiger partial charge in [-0.05, 0) is 79.9 Å². The predicted molar refractivity (Wildman–Crippen MR) is 119 cm³/mol. The molecule has 1 aliphatic heterocycles. The minimum atomic E-state index is 0.153. The van der Waals surface area contributed by atoms with Crippen molar-refractivity contribution in [2.75, 3.05) is 23.3 Å². The van der Waals surface area contributed by atoms with Gasteiger partial charge in [-0.25, -0.2) is 0 Å². The standard InChI is InChI=1S/C21H26BrN3S/c1-15-4-3-13-25(14-15)20-11-5-17(6-12-20)16(2)23-21(26)24-19-9-7-18(22)8-10-19/h5-12,15-16H,3-4,13-14H2,1-2H3,(H2,23,24,26)/t15-,16+/m1/s1. The maximum Gasteiger partial charge on any atom is 0.171 e. The first-order valence-corrected chi connectivity index (χ1v) is 10.4. The first-order valence-electron chi connectivity index (χ1n) is 9.19. The molecule has 0 radical (unpaired) electrons. The summed E-state index contributed by atoms with van der Waals surface area (Å²) < 4.78 is 1.05. The minimum Gasteiger partial charge on any atom is -0.371 e. The van der Waals surface area contributed by atoms with Crippen LogP contribution in [0.1, 0.15) is 38.3 Å². The van der Waals surface area contributed by atoms with E-state index in [-0.39, 0.29) is 6.04 Å². The highest BCUT2D eigenvalue weighted by Gasteiger charge is 2.17. The lowest BCUT2D eigenvalue weighted by molar-refractivity contribution is 0.447. The number of rotatable bonds is 4. The van der Waals surface area contributed by atoms with Crippen LogP contribution < -0.4 is 15.5 Å². The smallest absolute Gasteiger partial charge is 0.171 e. The van der Waals surface area contributed by atoms with E-state index in [1.54, 1.807) is 0 Å². The van der Waals surface area contributed by atoms with Crippen LogP contribution in [0.2, 0.25) is 0 Å². The van der Waals surface area contributed by atoms with Gasteiger partial charge < -0.3 is 15.5 Å². The Bertz CT molecular complexity index is 730. The Morgan fingerprint density at radius 2 is 1.85 bits per heavy atom. The second kappa shape index (κ2) is 8.87. The third-order valence-corrected chi connectivity index (χ3v) is 5.61. The summed E-state index contributed by atoms with van der Waals surface area (Å²) in [7, 11) is 0. The number of hydrogen-bond donors (Lipinski definition) is 2. The Morgan fingerprint density at radius 3 is 2.50 bits per heavy atom. The molecule has 138 valence electrons. The molecule has 26 heavy (non-hydrogen) atoms. The summed E-state index contributed by atoms with van der Waals surface area (Å²) in [5, 5.41) is 7.22. The lowest BCUT2D eigenvalue weighted by Crippen LogP contribution is -2.34. The first-order chi connectivity index (χ1) is 12.5. The van der Waals surface area contributed by atoms with E-state index in [0.29, 0.717) is 5.11 Å². The van der Waals surface area contributed by atoms with Crippen LogP contribution in [0, 0.1) is 5.92 Å². The molecule has 1 heterocycles. The van der Waals surface area contributed by atoms with Crippen LogP contribution in [0.3, 0.4) is 0 Å². The number of nitrogens with one attached hydrogen (secondary N) is 2. The van der Waals surface area contributed by atoms with Crippen LogP contribution in [0.4, 0.5) is 11.4 Å². The van der Waals surface area contributed by atoms with Crippen LogP contribution in [0.15, 0.2) is 53.0 Å². The Morgan fingerprint density at radius 1 is 1.15 bits per heavy atom. The molecule has 5 heteroatoms. The second-order valence-electron chi connectivity index (χ2n) is 7.11. The zero-order valence-corrected chi connectivity index (χ0v) is 17.7. The van der Waals surface area contributed by atoms with Gasteiger partial charge in [0.25, 0.3) is 0 Å². The molecular formula is C21H26BrN3S. The maximum atomic E-state index is 5.44. The second-order valence-corrected chi connectivity index (χ2v) is 8.44. The van der Waals surface area contributed by atoms with Crippen molar-refractivity contribution in [2.45, 2.75) is 32.7 Å². The summed E-state index contributed by atoms with van der Waals surface area (Å²) >= 11 is 8.88. The third kappa shape index (κ3) is 5.21. The van der Waals surface area contributed by atoms with Crippen molar-refractivity contribution in [1.82, 2.24) is 5.32 Å². The highest BCUT2D eigenvalue weighted by Crippen LogP contribution is 2.24. The van der Waals surface area contributed by atoms with E-state index in [1.807, 2.05) is 24.3 Å². The van der Waals surface area contributed by atoms with Crippen LogP contribution in [0.5, 0.6) is 0 Å². The maximum absolute atomic E-state index is 5.44. The van der Waals surface area contributed by atoms with Gasteiger partial charge in [-0.3, -0.25) is 0 Å². The largest absolute Gasteiger partial charge is 0.371 e. The average molecular weight is 432 g/mol. The number of benzene rings is 2. The lowest BCUT2D eigenvalue weighted by atomic mass is 9.99. The normalized spacial score (nSPS) is 18.3. The fraction of sp³-hybridized carbons (Fsp3) is 0.381. The molecule has 2 aromatic carbocycles. The molecule has 2 atom stereocenters. The van der Waals surface area contributed by atoms with E-state index in [4.69, 9.17) is 12.2 Å². The molecule has 0 spiro atoms. The SMILES string of the molecule is C[C@@H]1CCCN(c2ccc([C@H](C)NC(=S)Nc3ccc(Br)cc3)cc2)C1. The summed E-state index contributed by atoms with van der Waals surface area (Å²) in [6.07, 6.45) is 2.63. The number of hydrogen-bond acceptors (Lipinski definition) is 2. The van der Waals surface area contributed by atoms with E-state index in [0.717, 1.165) is 22.6 Å². The molecule has 1 saturated heterocycles. The molecule has 0 saturated carbocycles. The molecule has 3 nitrogen and oxygen atoms in total. The summed E-state index contributed by atoms with van der Waals surface area (Å²) in [5.74, 6) is 0.783. The molecule has 3 rings (SSSR count). The van der Waals surface area contributed by atoms with Crippen molar-refractivity contribution in [1.29, 1.82) is 0 Å². The van der Waals surface area contributed by atoms with Gasteiger partial charge in [0, 0.05) is 28.9 Å². The summed E-state index contributed by atoms with van der Waals surface area (Å²) in [6.45, 7) is 6.80. The molecule has 0 aliphatic carbocycles. The quantitative estimate of drug-likeness (QED) is 0.603. The zero-order chi connectivity index (χ0) is 18.5. The van der Waals surface area contributed by atoms with Crippen LogP contribution in [-0.2, 0) is 0 Å². The van der Waals surface area contributed by atoms with Gasteiger partial charge in [0.2, 0.25) is 0 Å². The summed E-state index contributed by atoms with van der Waals surface area (Å²) in [5.41, 5.74) is 3.54. The van der Waals surface area contributed by atoms with E-state index < -0.39 is 0 Å². The van der Waals surface area contributed by atoms with Gasteiger partial charge in [-0.2, -0.15) is 0 Å². The third-order valence-electron chi connectivity index (χ3n) is 4.86. The van der Waals surface area contributed by atoms with Gasteiger partial charge in [0.15, 0.2) is 5.11 Å². The van der Waals surface area contributed by atoms with Crippen molar-refractivity contribution in [3.63, 3.8) is 0 Å². The number of thiocarbonyl (C=S) groups is 1. The number of anilines is 2. The van der Waals surface area contributed by atoms with Gasteiger partial charge in [0.05, 0.1) is 6.04 Å². The van der Waals surface area contributed by atoms with E-state index >= 15 is 0 Å². The molecule has 0 aromatic heterocycles. The zero-order valence-electron chi connectivity index (χ0n) is 15.3. The van der Waals surface area contributed by atoms with E-state index in [9.17, 15) is 0 Å². The molecule has 2 N–H and O–H groups in total. The monoisotopic (exact) mass is 431 g/mol. The molecule has 1 aliphatic rings. The first kappa shape index (κ1) is 19.2. The fourth-order valence-corrected chi connectivity index (χ4v) is 3.94. The van der Waals surface area contributed by atoms with Gasteiger partial charge in [-0.1, -0.05) is 35.0 Å². The van der Waals surface area contributed by atoms with Crippen LogP contribution in [0.25, 0.3) is 0 Å². The number of piperidine rings is 1. The fourth-order valence-electron chi connectivity index (χ4n) is 3.38. The number of halogens is 1. The molecule has 2 aromatic rings. The predicted octanol–water partition coefficient (Wildman–Crippen LogP) is 5.73. The van der Waals surface area contributed by atoms with Crippen molar-refractivity contribution < 1.29 is 0 Å². The summed E-state index contributed by atoms with van der Waals surface area (Å²) in [6, 6.07) is 17.0. The molecule has 0 unspecified atom stereocenters. The van der Waals surface area contributed by atoms with Gasteiger partial charge >= 0.3 is 0 Å². The highest BCUT2D eigenvalue weighted by molar-refractivity contribution is 9.10. The van der Waals surface area contributed by atoms with E-state index in [2.05, 4.69) is 69.6 Å². The molecule has 1 fully saturated rings. The average Bonchev–Trinajstić information content (AvgIpc) is 2.64. The van der Waals surface area contributed by atoms with Gasteiger partial charge in [0.1, 0.15) is 0 Å². The molecule has 0 bridgehead atoms. The van der Waals surface area contributed by atoms with Crippen LogP contribution >= 0.6 is 28.1 Å². The topological polar surface area (TPSA) is 27.3 Å². The number of nitrogens with zero attached hydrogens (tertiary/aromatic N) is 1. The Balaban J connectivity index is 1.56. The van der Waals surface area contributed by atoms with Crippen molar-refractivity contribution in [3.05, 3.63) is 58.6 Å². The van der Waals surface area contributed by atoms with Crippen molar-refractivity contribution in [2.24, 2.45) is 5.92 Å². The summed E-state index contributed by atoms with van der Waals surface area (Å²) in [4.78, 5) is 2.50. The van der Waals surface area contributed by atoms with Crippen LogP contribution in [-0.4, -0.2) is 18.2 Å². The Kier molecular flexibility index (Phi) is 6.54. The Hall–Kier alpha value is -1.59. The van der Waals surface area contributed by atoms with Crippen molar-refractivity contribution >= 4 is 44.6 Å². The minimum absolute atomic E-state index is 0.153. The molecule has 0 amide bonds. The highest BCUT2D eigenvalue weighted by atomic mass is 79.9. The Labute approximate surface area is 170 Å². The lowest BCUT2D eigenvalue weighted by Gasteiger charge is -2.33. The van der Waals surface area contributed by atoms with Gasteiger partial charge in [-0.15, -0.1) is 0 Å².